The van der Waals surface area contributed by atoms with Gasteiger partial charge in [-0.25, -0.2) is 18.7 Å². The largest absolute Gasteiger partial charge is 0.477 e. The van der Waals surface area contributed by atoms with Crippen molar-refractivity contribution in [3.05, 3.63) is 22.7 Å². The Morgan fingerprint density at radius 3 is 2.54 bits per heavy atom. The number of ether oxygens (including phenoxy) is 2. The number of rotatable bonds is 11. The molecule has 20 nitrogen and oxygen atoms in total. The Kier molecular flexibility index (Phi) is 10.2. The van der Waals surface area contributed by atoms with Gasteiger partial charge in [0, 0.05) is 19.5 Å². The van der Waals surface area contributed by atoms with Crippen LogP contribution < -0.4 is 16.7 Å². The number of amides is 1. The van der Waals surface area contributed by atoms with Crippen LogP contribution in [0, 0.1) is 0 Å². The number of nitrogens with zero attached hydrogens (tertiary/aromatic N) is 2. The summed E-state index contributed by atoms with van der Waals surface area (Å²) in [5.74, 6) is -6.20. The molecule has 3 rings (SSSR count). The molecule has 0 aliphatic carbocycles. The standard InChI is InChI=1S/C20H31N4O16P/c1-7(26)22-12-8(27)4-20(18(32)33,39-16(12)13(29)9(28)5-25)40-41(35,36)37-6-10-14(30)15(31)17(38-10)24-3-2-11(21)23-19(24)34/h2-3,8-10,12-17,25,27-31H,4-6H2,1H3,(H,22,26)(H,32,33)(H,35,36)(H2,21,23,34)/t8?,9-,10-,12-,13?,14+,15-,16-,17-,20-/m1/s1. The molecule has 0 spiro atoms. The molecule has 232 valence electrons. The van der Waals surface area contributed by atoms with Crippen LogP contribution in [0.5, 0.6) is 0 Å². The molecule has 0 bridgehead atoms. The number of hydrogen-bond acceptors (Lipinski definition) is 16. The molecular weight excluding hydrogens is 583 g/mol. The van der Waals surface area contributed by atoms with E-state index in [0.29, 0.717) is 0 Å². The maximum absolute atomic E-state index is 12.8. The summed E-state index contributed by atoms with van der Waals surface area (Å²) in [6, 6.07) is -0.362. The number of carboxylic acid groups (broad SMARTS) is 1. The highest BCUT2D eigenvalue weighted by molar-refractivity contribution is 7.47. The highest BCUT2D eigenvalue weighted by atomic mass is 31.2. The Morgan fingerprint density at radius 2 is 1.98 bits per heavy atom. The molecule has 21 heteroatoms. The molecule has 1 aromatic heterocycles. The van der Waals surface area contributed by atoms with Gasteiger partial charge in [0.2, 0.25) is 5.91 Å². The molecule has 41 heavy (non-hydrogen) atoms. The Bertz CT molecular complexity index is 1220. The molecular formula is C20H31N4O16P. The van der Waals surface area contributed by atoms with Crippen molar-refractivity contribution in [3.63, 3.8) is 0 Å². The first-order chi connectivity index (χ1) is 19.0. The number of hydrogen-bond donors (Lipinski definition) is 10. The highest BCUT2D eigenvalue weighted by Crippen LogP contribution is 2.51. The number of carbonyl (C=O) groups is 2. The van der Waals surface area contributed by atoms with Crippen LogP contribution in [0.2, 0.25) is 0 Å². The summed E-state index contributed by atoms with van der Waals surface area (Å²) in [4.78, 5) is 49.6. The van der Waals surface area contributed by atoms with Crippen LogP contribution in [0.1, 0.15) is 19.6 Å². The number of phosphoric acid groups is 1. The van der Waals surface area contributed by atoms with E-state index in [1.807, 2.05) is 0 Å². The van der Waals surface area contributed by atoms with Crippen molar-refractivity contribution < 1.29 is 73.3 Å². The average molecular weight is 614 g/mol. The molecule has 2 saturated heterocycles. The monoisotopic (exact) mass is 614 g/mol. The third kappa shape index (κ3) is 7.25. The maximum Gasteiger partial charge on any atom is 0.475 e. The van der Waals surface area contributed by atoms with Crippen molar-refractivity contribution in [1.82, 2.24) is 14.9 Å². The Labute approximate surface area is 230 Å². The summed E-state index contributed by atoms with van der Waals surface area (Å²) in [7, 11) is -5.52. The number of nitrogen functional groups attached to an aromatic ring is 1. The van der Waals surface area contributed by atoms with Crippen molar-refractivity contribution in [2.24, 2.45) is 0 Å². The van der Waals surface area contributed by atoms with Gasteiger partial charge in [0.1, 0.15) is 42.4 Å². The summed E-state index contributed by atoms with van der Waals surface area (Å²) in [5.41, 5.74) is 4.46. The van der Waals surface area contributed by atoms with Crippen LogP contribution >= 0.6 is 7.82 Å². The number of aliphatic carboxylic acids is 1. The van der Waals surface area contributed by atoms with E-state index in [0.717, 1.165) is 17.7 Å². The summed E-state index contributed by atoms with van der Waals surface area (Å²) >= 11 is 0. The normalized spacial score (nSPS) is 34.9. The molecule has 2 aliphatic heterocycles. The van der Waals surface area contributed by atoms with Crippen molar-refractivity contribution in [1.29, 1.82) is 0 Å². The lowest BCUT2D eigenvalue weighted by molar-refractivity contribution is -0.289. The fourth-order valence-corrected chi connectivity index (χ4v) is 5.27. The molecule has 11 atom stereocenters. The van der Waals surface area contributed by atoms with Gasteiger partial charge in [-0.1, -0.05) is 0 Å². The molecule has 1 aromatic rings. The van der Waals surface area contributed by atoms with Gasteiger partial charge in [0.15, 0.2) is 6.23 Å². The summed E-state index contributed by atoms with van der Waals surface area (Å²) < 4.78 is 33.7. The SMILES string of the molecule is CC(=O)N[C@@H]1C(O)C[C@@](OP(=O)(O)OC[C@H]2O[C@@H](n3ccc(N)nc3=O)[C@H](O)[C@H]2O)(C(=O)O)O[C@H]1C(O)[C@H](O)CO. The Balaban J connectivity index is 1.79. The van der Waals surface area contributed by atoms with Gasteiger partial charge in [-0.2, -0.15) is 4.98 Å². The third-order valence-corrected chi connectivity index (χ3v) is 7.32. The van der Waals surface area contributed by atoms with Gasteiger partial charge >= 0.3 is 19.5 Å². The lowest BCUT2D eigenvalue weighted by Gasteiger charge is -2.46. The van der Waals surface area contributed by atoms with E-state index in [-0.39, 0.29) is 5.82 Å². The lowest BCUT2D eigenvalue weighted by atomic mass is 9.88. The quantitative estimate of drug-likeness (QED) is 0.104. The number of aliphatic hydroxyl groups is 6. The van der Waals surface area contributed by atoms with Crippen molar-refractivity contribution in [2.45, 2.75) is 74.1 Å². The van der Waals surface area contributed by atoms with Crippen molar-refractivity contribution in [2.75, 3.05) is 18.9 Å². The molecule has 2 fully saturated rings. The van der Waals surface area contributed by atoms with E-state index < -0.39 is 106 Å². The fraction of sp³-hybridized carbons (Fsp3) is 0.700. The molecule has 3 unspecified atom stereocenters. The number of nitrogens with one attached hydrogen (secondary N) is 1. The maximum atomic E-state index is 12.8. The van der Waals surface area contributed by atoms with Gasteiger partial charge < -0.3 is 61.2 Å². The minimum absolute atomic E-state index is 0.135. The van der Waals surface area contributed by atoms with E-state index in [2.05, 4.69) is 10.3 Å². The van der Waals surface area contributed by atoms with Gasteiger partial charge in [0.05, 0.1) is 25.4 Å². The van der Waals surface area contributed by atoms with Crippen LogP contribution in [0.3, 0.4) is 0 Å². The Morgan fingerprint density at radius 1 is 1.32 bits per heavy atom. The number of phosphoric ester groups is 1. The van der Waals surface area contributed by atoms with Gasteiger partial charge in [-0.3, -0.25) is 13.9 Å². The second kappa shape index (κ2) is 12.7. The molecule has 0 aromatic carbocycles. The molecule has 11 N–H and O–H groups in total. The zero-order valence-electron chi connectivity index (χ0n) is 21.2. The van der Waals surface area contributed by atoms with Crippen LogP contribution in [-0.4, -0.2) is 130 Å². The van der Waals surface area contributed by atoms with E-state index in [1.54, 1.807) is 0 Å². The highest BCUT2D eigenvalue weighted by Gasteiger charge is 2.59. The van der Waals surface area contributed by atoms with E-state index in [9.17, 15) is 59.6 Å². The van der Waals surface area contributed by atoms with Crippen molar-refractivity contribution in [3.8, 4) is 0 Å². The third-order valence-electron chi connectivity index (χ3n) is 6.31. The second-order valence-corrected chi connectivity index (χ2v) is 10.7. The van der Waals surface area contributed by atoms with Gasteiger partial charge in [-0.15, -0.1) is 0 Å². The first-order valence-corrected chi connectivity index (χ1v) is 13.4. The number of aliphatic hydroxyl groups excluding tert-OH is 6. The summed E-state index contributed by atoms with van der Waals surface area (Å²) in [6.07, 6.45) is -14.6. The van der Waals surface area contributed by atoms with Gasteiger partial charge in [-0.05, 0) is 6.07 Å². The predicted octanol–water partition coefficient (Wildman–Crippen LogP) is -5.27. The summed E-state index contributed by atoms with van der Waals surface area (Å²) in [5, 5.41) is 72.7. The molecule has 2 aliphatic rings. The van der Waals surface area contributed by atoms with Crippen LogP contribution in [0.25, 0.3) is 0 Å². The minimum Gasteiger partial charge on any atom is -0.477 e. The lowest BCUT2D eigenvalue weighted by Crippen LogP contribution is -2.67. The van der Waals surface area contributed by atoms with Crippen molar-refractivity contribution >= 4 is 25.5 Å². The zero-order valence-corrected chi connectivity index (χ0v) is 22.1. The predicted molar refractivity (Wildman–Crippen MR) is 128 cm³/mol. The number of carboxylic acids is 1. The Hall–Kier alpha value is -2.59. The zero-order chi connectivity index (χ0) is 30.9. The molecule has 3 heterocycles. The average Bonchev–Trinajstić information content (AvgIpc) is 3.16. The topological polar surface area (TPSA) is 323 Å². The number of nitrogens with two attached hydrogens (primary N) is 1. The number of anilines is 1. The molecule has 1 amide bonds. The first-order valence-electron chi connectivity index (χ1n) is 11.9. The van der Waals surface area contributed by atoms with Crippen LogP contribution in [0.4, 0.5) is 5.82 Å². The van der Waals surface area contributed by atoms with Crippen LogP contribution in [-0.2, 0) is 32.7 Å². The van der Waals surface area contributed by atoms with Crippen LogP contribution in [0.15, 0.2) is 17.1 Å². The molecule has 0 radical (unpaired) electrons. The number of aromatic nitrogens is 2. The van der Waals surface area contributed by atoms with E-state index in [1.165, 1.54) is 6.07 Å². The van der Waals surface area contributed by atoms with E-state index >= 15 is 0 Å². The fourth-order valence-electron chi connectivity index (χ4n) is 4.32. The second-order valence-electron chi connectivity index (χ2n) is 9.32. The first kappa shape index (κ1) is 32.9. The van der Waals surface area contributed by atoms with E-state index in [4.69, 9.17) is 24.3 Å². The minimum atomic E-state index is -5.52. The summed E-state index contributed by atoms with van der Waals surface area (Å²) in [6.45, 7) is -1.05. The van der Waals surface area contributed by atoms with Gasteiger partial charge in [0.25, 0.3) is 5.79 Å². The number of carbonyl (C=O) groups excluding carboxylic acids is 1. The molecule has 0 saturated carbocycles. The smallest absolute Gasteiger partial charge is 0.475 e.